The van der Waals surface area contributed by atoms with Crippen molar-refractivity contribution in [3.8, 4) is 22.3 Å². The lowest BCUT2D eigenvalue weighted by atomic mass is 9.97. The molecule has 0 heterocycles. The monoisotopic (exact) mass is 260 g/mol. The molecule has 3 rings (SSSR count). The first kappa shape index (κ1) is 12.3. The molecule has 3 aromatic rings. The van der Waals surface area contributed by atoms with Gasteiger partial charge in [-0.3, -0.25) is 0 Å². The summed E-state index contributed by atoms with van der Waals surface area (Å²) in [5, 5.41) is 0. The van der Waals surface area contributed by atoms with Gasteiger partial charge in [-0.2, -0.15) is 0 Å². The van der Waals surface area contributed by atoms with Crippen LogP contribution in [0.3, 0.4) is 0 Å². The highest BCUT2D eigenvalue weighted by Crippen LogP contribution is 2.31. The van der Waals surface area contributed by atoms with E-state index in [2.05, 4.69) is 18.2 Å². The number of nitrogen functional groups attached to an aromatic ring is 2. The van der Waals surface area contributed by atoms with Crippen LogP contribution in [0.1, 0.15) is 0 Å². The van der Waals surface area contributed by atoms with E-state index in [1.165, 1.54) is 0 Å². The Balaban J connectivity index is 2.09. The van der Waals surface area contributed by atoms with Crippen LogP contribution in [0.25, 0.3) is 22.3 Å². The van der Waals surface area contributed by atoms with Crippen molar-refractivity contribution >= 4 is 11.4 Å². The highest BCUT2D eigenvalue weighted by atomic mass is 14.6. The highest BCUT2D eigenvalue weighted by molar-refractivity contribution is 5.82. The molecule has 0 saturated heterocycles. The molecule has 0 saturated carbocycles. The van der Waals surface area contributed by atoms with Gasteiger partial charge in [0.05, 0.1) is 0 Å². The number of nitrogens with two attached hydrogens (primary N) is 2. The van der Waals surface area contributed by atoms with Crippen molar-refractivity contribution < 1.29 is 0 Å². The van der Waals surface area contributed by atoms with Crippen molar-refractivity contribution in [2.24, 2.45) is 0 Å². The average molecular weight is 260 g/mol. The molecule has 0 aliphatic heterocycles. The zero-order valence-electron chi connectivity index (χ0n) is 11.1. The molecule has 0 spiro atoms. The van der Waals surface area contributed by atoms with Gasteiger partial charge in [0.15, 0.2) is 0 Å². The molecule has 2 nitrogen and oxygen atoms in total. The van der Waals surface area contributed by atoms with Gasteiger partial charge < -0.3 is 11.5 Å². The van der Waals surface area contributed by atoms with Crippen LogP contribution in [0.4, 0.5) is 11.4 Å². The Kier molecular flexibility index (Phi) is 3.13. The molecular formula is C18H16N2. The summed E-state index contributed by atoms with van der Waals surface area (Å²) in [4.78, 5) is 0. The first-order valence-electron chi connectivity index (χ1n) is 6.55. The van der Waals surface area contributed by atoms with Gasteiger partial charge in [0.25, 0.3) is 0 Å². The van der Waals surface area contributed by atoms with Crippen LogP contribution in [0.2, 0.25) is 0 Å². The number of benzene rings is 3. The van der Waals surface area contributed by atoms with Crippen molar-refractivity contribution in [3.63, 3.8) is 0 Å². The Morgan fingerprint density at radius 1 is 0.550 bits per heavy atom. The van der Waals surface area contributed by atoms with E-state index >= 15 is 0 Å². The largest absolute Gasteiger partial charge is 0.399 e. The van der Waals surface area contributed by atoms with E-state index in [0.717, 1.165) is 33.6 Å². The number of hydrogen-bond acceptors (Lipinski definition) is 2. The van der Waals surface area contributed by atoms with Crippen molar-refractivity contribution in [1.29, 1.82) is 0 Å². The minimum Gasteiger partial charge on any atom is -0.399 e. The fourth-order valence-electron chi connectivity index (χ4n) is 2.28. The molecule has 3 aromatic carbocycles. The average Bonchev–Trinajstić information content (AvgIpc) is 2.50. The summed E-state index contributed by atoms with van der Waals surface area (Å²) in [5.74, 6) is 0. The van der Waals surface area contributed by atoms with Crippen LogP contribution >= 0.6 is 0 Å². The van der Waals surface area contributed by atoms with E-state index in [0.29, 0.717) is 0 Å². The lowest BCUT2D eigenvalue weighted by Gasteiger charge is -2.09. The van der Waals surface area contributed by atoms with Gasteiger partial charge in [0.2, 0.25) is 0 Å². The van der Waals surface area contributed by atoms with Gasteiger partial charge >= 0.3 is 0 Å². The second-order valence-electron chi connectivity index (χ2n) is 4.79. The zero-order chi connectivity index (χ0) is 13.9. The number of anilines is 2. The maximum atomic E-state index is 6.10. The normalized spacial score (nSPS) is 10.4. The van der Waals surface area contributed by atoms with E-state index in [-0.39, 0.29) is 0 Å². The first-order chi connectivity index (χ1) is 9.74. The van der Waals surface area contributed by atoms with Gasteiger partial charge in [0.1, 0.15) is 0 Å². The maximum Gasteiger partial charge on any atom is 0.0394 e. The van der Waals surface area contributed by atoms with Crippen LogP contribution in [0.15, 0.2) is 72.8 Å². The summed E-state index contributed by atoms with van der Waals surface area (Å²) in [6, 6.07) is 24.2. The molecule has 0 radical (unpaired) electrons. The maximum absolute atomic E-state index is 6.10. The highest BCUT2D eigenvalue weighted by Gasteiger charge is 2.05. The van der Waals surface area contributed by atoms with Gasteiger partial charge in [-0.05, 0) is 41.0 Å². The Hall–Kier alpha value is -2.74. The third kappa shape index (κ3) is 2.36. The van der Waals surface area contributed by atoms with E-state index < -0.39 is 0 Å². The smallest absolute Gasteiger partial charge is 0.0394 e. The van der Waals surface area contributed by atoms with E-state index in [4.69, 9.17) is 11.5 Å². The standard InChI is InChI=1S/C18H16N2/c19-16-9-6-13(7-10-16)15-8-11-18(20)17(12-15)14-4-2-1-3-5-14/h1-12H,19-20H2. The molecule has 0 aliphatic rings. The van der Waals surface area contributed by atoms with Crippen LogP contribution in [0, 0.1) is 0 Å². The summed E-state index contributed by atoms with van der Waals surface area (Å²) in [5.41, 5.74) is 17.8. The third-order valence-corrected chi connectivity index (χ3v) is 3.38. The topological polar surface area (TPSA) is 52.0 Å². The van der Waals surface area contributed by atoms with E-state index in [9.17, 15) is 0 Å². The number of rotatable bonds is 2. The van der Waals surface area contributed by atoms with Gasteiger partial charge in [-0.1, -0.05) is 48.5 Å². The lowest BCUT2D eigenvalue weighted by Crippen LogP contribution is -1.91. The molecule has 0 atom stereocenters. The second-order valence-corrected chi connectivity index (χ2v) is 4.79. The molecule has 0 aromatic heterocycles. The molecule has 20 heavy (non-hydrogen) atoms. The van der Waals surface area contributed by atoms with Crippen molar-refractivity contribution in [3.05, 3.63) is 72.8 Å². The molecule has 0 bridgehead atoms. The second kappa shape index (κ2) is 5.10. The minimum absolute atomic E-state index is 0.771. The Morgan fingerprint density at radius 2 is 1.20 bits per heavy atom. The molecular weight excluding hydrogens is 244 g/mol. The van der Waals surface area contributed by atoms with Gasteiger partial charge in [-0.15, -0.1) is 0 Å². The molecule has 2 heteroatoms. The van der Waals surface area contributed by atoms with Gasteiger partial charge in [0, 0.05) is 16.9 Å². The molecule has 4 N–H and O–H groups in total. The van der Waals surface area contributed by atoms with Crippen molar-refractivity contribution in [2.75, 3.05) is 11.5 Å². The predicted molar refractivity (Wildman–Crippen MR) is 86.1 cm³/mol. The van der Waals surface area contributed by atoms with Crippen molar-refractivity contribution in [1.82, 2.24) is 0 Å². The van der Waals surface area contributed by atoms with Crippen LogP contribution in [-0.2, 0) is 0 Å². The van der Waals surface area contributed by atoms with Crippen LogP contribution in [-0.4, -0.2) is 0 Å². The van der Waals surface area contributed by atoms with E-state index in [1.807, 2.05) is 54.6 Å². The fraction of sp³-hybridized carbons (Fsp3) is 0. The number of hydrogen-bond donors (Lipinski definition) is 2. The molecule has 0 amide bonds. The van der Waals surface area contributed by atoms with Gasteiger partial charge in [-0.25, -0.2) is 0 Å². The Bertz CT molecular complexity index is 716. The van der Waals surface area contributed by atoms with Crippen LogP contribution in [0.5, 0.6) is 0 Å². The summed E-state index contributed by atoms with van der Waals surface area (Å²) in [6.45, 7) is 0. The predicted octanol–water partition coefficient (Wildman–Crippen LogP) is 4.19. The summed E-state index contributed by atoms with van der Waals surface area (Å²) in [6.07, 6.45) is 0. The molecule has 0 unspecified atom stereocenters. The fourth-order valence-corrected chi connectivity index (χ4v) is 2.28. The summed E-state index contributed by atoms with van der Waals surface area (Å²) >= 11 is 0. The zero-order valence-corrected chi connectivity index (χ0v) is 11.1. The third-order valence-electron chi connectivity index (χ3n) is 3.38. The Morgan fingerprint density at radius 3 is 1.90 bits per heavy atom. The quantitative estimate of drug-likeness (QED) is 0.679. The molecule has 0 fully saturated rings. The van der Waals surface area contributed by atoms with Crippen LogP contribution < -0.4 is 11.5 Å². The summed E-state index contributed by atoms with van der Waals surface area (Å²) in [7, 11) is 0. The molecule has 0 aliphatic carbocycles. The first-order valence-corrected chi connectivity index (χ1v) is 6.55. The minimum atomic E-state index is 0.771. The summed E-state index contributed by atoms with van der Waals surface area (Å²) < 4.78 is 0. The van der Waals surface area contributed by atoms with E-state index in [1.54, 1.807) is 0 Å². The van der Waals surface area contributed by atoms with Crippen molar-refractivity contribution in [2.45, 2.75) is 0 Å². The lowest BCUT2D eigenvalue weighted by molar-refractivity contribution is 1.58. The SMILES string of the molecule is Nc1ccc(-c2ccc(N)c(-c3ccccc3)c2)cc1. The Labute approximate surface area is 118 Å². The molecule has 98 valence electrons.